The lowest BCUT2D eigenvalue weighted by Crippen LogP contribution is -2.43. The molecule has 7 heteroatoms. The number of carbonyl (C=O) groups excluding carboxylic acids is 1. The summed E-state index contributed by atoms with van der Waals surface area (Å²) in [5.74, 6) is -0.225. The van der Waals surface area contributed by atoms with Crippen molar-refractivity contribution in [1.82, 2.24) is 15.2 Å². The molecule has 2 atom stereocenters. The van der Waals surface area contributed by atoms with Gasteiger partial charge in [-0.15, -0.1) is 0 Å². The quantitative estimate of drug-likeness (QED) is 0.766. The van der Waals surface area contributed by atoms with E-state index in [1.165, 1.54) is 12.1 Å². The zero-order valence-electron chi connectivity index (χ0n) is 15.1. The lowest BCUT2D eigenvalue weighted by Gasteiger charge is -2.18. The zero-order chi connectivity index (χ0) is 19.0. The summed E-state index contributed by atoms with van der Waals surface area (Å²) in [5.41, 5.74) is 2.13. The van der Waals surface area contributed by atoms with Gasteiger partial charge in [-0.3, -0.25) is 4.79 Å². The first-order chi connectivity index (χ1) is 13.0. The molecule has 6 nitrogen and oxygen atoms in total. The second kappa shape index (κ2) is 7.09. The van der Waals surface area contributed by atoms with Gasteiger partial charge in [0, 0.05) is 31.3 Å². The van der Waals surface area contributed by atoms with Gasteiger partial charge in [0.2, 0.25) is 5.89 Å². The molecular formula is C20H20FN3O3. The van der Waals surface area contributed by atoms with Crippen molar-refractivity contribution in [1.29, 1.82) is 0 Å². The zero-order valence-corrected chi connectivity index (χ0v) is 15.1. The van der Waals surface area contributed by atoms with Crippen LogP contribution in [0.2, 0.25) is 0 Å². The number of hydrogen-bond acceptors (Lipinski definition) is 5. The van der Waals surface area contributed by atoms with E-state index < -0.39 is 0 Å². The van der Waals surface area contributed by atoms with Crippen LogP contribution in [0.15, 0.2) is 46.9 Å². The maximum atomic E-state index is 13.4. The third kappa shape index (κ3) is 3.56. The first-order valence-electron chi connectivity index (χ1n) is 8.72. The number of benzene rings is 2. The maximum absolute atomic E-state index is 13.4. The summed E-state index contributed by atoms with van der Waals surface area (Å²) in [6.07, 6.45) is -0.0330. The molecule has 1 N–H and O–H groups in total. The molecule has 1 saturated heterocycles. The summed E-state index contributed by atoms with van der Waals surface area (Å²) in [4.78, 5) is 19.2. The van der Waals surface area contributed by atoms with E-state index in [9.17, 15) is 9.18 Å². The second-order valence-corrected chi connectivity index (χ2v) is 6.79. The number of methoxy groups -OCH3 is 1. The minimum atomic E-state index is -0.357. The van der Waals surface area contributed by atoms with Crippen LogP contribution in [-0.2, 0) is 4.74 Å². The number of nitrogens with zero attached hydrogens (tertiary/aromatic N) is 2. The molecule has 0 spiro atoms. The Balaban J connectivity index is 1.57. The molecule has 0 aliphatic carbocycles. The van der Waals surface area contributed by atoms with E-state index in [0.717, 1.165) is 13.1 Å². The molecule has 2 aromatic carbocycles. The van der Waals surface area contributed by atoms with Gasteiger partial charge >= 0.3 is 0 Å². The van der Waals surface area contributed by atoms with Gasteiger partial charge < -0.3 is 19.4 Å². The average Bonchev–Trinajstić information content (AvgIpc) is 3.23. The highest BCUT2D eigenvalue weighted by Gasteiger charge is 2.32. The van der Waals surface area contributed by atoms with Gasteiger partial charge in [-0.25, -0.2) is 9.37 Å². The molecule has 1 aliphatic heterocycles. The van der Waals surface area contributed by atoms with Crippen molar-refractivity contribution in [2.75, 3.05) is 27.2 Å². The lowest BCUT2D eigenvalue weighted by molar-refractivity contribution is 0.0766. The van der Waals surface area contributed by atoms with Crippen molar-refractivity contribution in [2.24, 2.45) is 0 Å². The van der Waals surface area contributed by atoms with Crippen molar-refractivity contribution in [3.63, 3.8) is 0 Å². The lowest BCUT2D eigenvalue weighted by atomic mass is 10.1. The molecule has 4 rings (SSSR count). The van der Waals surface area contributed by atoms with E-state index >= 15 is 0 Å². The molecule has 140 valence electrons. The SMILES string of the molecule is CO[C@H]1CN(C)C[C@@H]1NC(=O)c1ccc2oc(-c3cccc(F)c3)nc2c1. The van der Waals surface area contributed by atoms with Gasteiger partial charge in [0.25, 0.3) is 5.91 Å². The summed E-state index contributed by atoms with van der Waals surface area (Å²) in [7, 11) is 3.64. The van der Waals surface area contributed by atoms with Crippen molar-refractivity contribution in [3.8, 4) is 11.5 Å². The Bertz CT molecular complexity index is 988. The Morgan fingerprint density at radius 1 is 1.30 bits per heavy atom. The Morgan fingerprint density at radius 3 is 2.93 bits per heavy atom. The predicted octanol–water partition coefficient (Wildman–Crippen LogP) is 2.69. The molecule has 3 aromatic rings. The highest BCUT2D eigenvalue weighted by Crippen LogP contribution is 2.25. The highest BCUT2D eigenvalue weighted by molar-refractivity contribution is 5.97. The number of fused-ring (bicyclic) bond motifs is 1. The number of likely N-dealkylation sites (tertiary alicyclic amines) is 1. The van der Waals surface area contributed by atoms with E-state index in [1.54, 1.807) is 37.4 Å². The number of likely N-dealkylation sites (N-methyl/N-ethyl adjacent to an activating group) is 1. The van der Waals surface area contributed by atoms with E-state index in [2.05, 4.69) is 15.2 Å². The monoisotopic (exact) mass is 369 g/mol. The third-order valence-electron chi connectivity index (χ3n) is 4.79. The number of oxazole rings is 1. The highest BCUT2D eigenvalue weighted by atomic mass is 19.1. The number of ether oxygens (including phenoxy) is 1. The fourth-order valence-corrected chi connectivity index (χ4v) is 3.41. The summed E-state index contributed by atoms with van der Waals surface area (Å²) in [6, 6.07) is 11.1. The van der Waals surface area contributed by atoms with Crippen molar-refractivity contribution >= 4 is 17.0 Å². The molecule has 0 saturated carbocycles. The number of hydrogen-bond donors (Lipinski definition) is 1. The topological polar surface area (TPSA) is 67.6 Å². The Hall–Kier alpha value is -2.77. The summed E-state index contributed by atoms with van der Waals surface area (Å²) < 4.78 is 24.6. The van der Waals surface area contributed by atoms with Crippen molar-refractivity contribution in [2.45, 2.75) is 12.1 Å². The van der Waals surface area contributed by atoms with Gasteiger partial charge in [-0.1, -0.05) is 6.07 Å². The van der Waals surface area contributed by atoms with Crippen molar-refractivity contribution in [3.05, 3.63) is 53.8 Å². The third-order valence-corrected chi connectivity index (χ3v) is 4.79. The minimum absolute atomic E-state index is 0.0330. The van der Waals surface area contributed by atoms with Crippen LogP contribution in [0.3, 0.4) is 0 Å². The van der Waals surface area contributed by atoms with E-state index in [0.29, 0.717) is 28.1 Å². The minimum Gasteiger partial charge on any atom is -0.436 e. The van der Waals surface area contributed by atoms with Crippen LogP contribution >= 0.6 is 0 Å². The normalized spacial score (nSPS) is 20.3. The molecule has 0 radical (unpaired) electrons. The fraction of sp³-hybridized carbons (Fsp3) is 0.300. The van der Waals surface area contributed by atoms with Gasteiger partial charge in [0.1, 0.15) is 11.3 Å². The van der Waals surface area contributed by atoms with E-state index in [-0.39, 0.29) is 23.9 Å². The Morgan fingerprint density at radius 2 is 2.15 bits per heavy atom. The van der Waals surface area contributed by atoms with Crippen LogP contribution in [0.1, 0.15) is 10.4 Å². The van der Waals surface area contributed by atoms with Gasteiger partial charge in [0.05, 0.1) is 12.1 Å². The number of amides is 1. The number of aromatic nitrogens is 1. The summed E-state index contributed by atoms with van der Waals surface area (Å²) in [6.45, 7) is 1.51. The van der Waals surface area contributed by atoms with Crippen LogP contribution < -0.4 is 5.32 Å². The van der Waals surface area contributed by atoms with Crippen LogP contribution in [0.25, 0.3) is 22.6 Å². The largest absolute Gasteiger partial charge is 0.436 e. The first kappa shape index (κ1) is 17.6. The summed E-state index contributed by atoms with van der Waals surface area (Å²) in [5, 5.41) is 3.02. The van der Waals surface area contributed by atoms with Gasteiger partial charge in [-0.05, 0) is 43.4 Å². The number of halogens is 1. The van der Waals surface area contributed by atoms with Crippen molar-refractivity contribution < 1.29 is 18.3 Å². The molecule has 27 heavy (non-hydrogen) atoms. The van der Waals surface area contributed by atoms with Gasteiger partial charge in [-0.2, -0.15) is 0 Å². The standard InChI is InChI=1S/C20H20FN3O3/c1-24-10-16(18(11-24)26-2)22-19(25)12-6-7-17-15(9-12)23-20(27-17)13-4-3-5-14(21)8-13/h3-9,16,18H,10-11H2,1-2H3,(H,22,25)/t16-,18-/m0/s1. The maximum Gasteiger partial charge on any atom is 0.251 e. The van der Waals surface area contributed by atoms with Crippen LogP contribution in [0.4, 0.5) is 4.39 Å². The fourth-order valence-electron chi connectivity index (χ4n) is 3.41. The molecule has 1 amide bonds. The molecule has 0 bridgehead atoms. The predicted molar refractivity (Wildman–Crippen MR) is 99.0 cm³/mol. The Kier molecular flexibility index (Phi) is 4.63. The van der Waals surface area contributed by atoms with Crippen LogP contribution in [-0.4, -0.2) is 55.2 Å². The molecular weight excluding hydrogens is 349 g/mol. The number of carbonyl (C=O) groups is 1. The smallest absolute Gasteiger partial charge is 0.251 e. The van der Waals surface area contributed by atoms with Crippen LogP contribution in [0, 0.1) is 5.82 Å². The number of nitrogens with one attached hydrogen (secondary N) is 1. The number of rotatable bonds is 4. The van der Waals surface area contributed by atoms with Gasteiger partial charge in [0.15, 0.2) is 5.58 Å². The molecule has 2 heterocycles. The molecule has 0 unspecified atom stereocenters. The van der Waals surface area contributed by atoms with Crippen LogP contribution in [0.5, 0.6) is 0 Å². The second-order valence-electron chi connectivity index (χ2n) is 6.79. The van der Waals surface area contributed by atoms with E-state index in [4.69, 9.17) is 9.15 Å². The molecule has 1 aliphatic rings. The average molecular weight is 369 g/mol. The Labute approximate surface area is 155 Å². The van der Waals surface area contributed by atoms with E-state index in [1.807, 2.05) is 7.05 Å². The molecule has 1 fully saturated rings. The first-order valence-corrected chi connectivity index (χ1v) is 8.72. The molecule has 1 aromatic heterocycles. The summed E-state index contributed by atoms with van der Waals surface area (Å²) >= 11 is 0.